The minimum absolute atomic E-state index is 0.341. The number of carbonyl (C=O) groups excluding carboxylic acids is 2. The molecule has 0 fully saturated rings. The van der Waals surface area contributed by atoms with Gasteiger partial charge in [0.2, 0.25) is 0 Å². The van der Waals surface area contributed by atoms with Crippen LogP contribution in [0.5, 0.6) is 5.75 Å². The molecule has 2 heterocycles. The lowest BCUT2D eigenvalue weighted by atomic mass is 10.0. The summed E-state index contributed by atoms with van der Waals surface area (Å²) in [6.07, 6.45) is 1.65. The van der Waals surface area contributed by atoms with Gasteiger partial charge in [-0.3, -0.25) is 14.6 Å². The summed E-state index contributed by atoms with van der Waals surface area (Å²) in [6, 6.07) is 10.5. The van der Waals surface area contributed by atoms with Crippen LogP contribution in [0.25, 0.3) is 0 Å². The lowest BCUT2D eigenvalue weighted by Crippen LogP contribution is -2.59. The third-order valence-electron chi connectivity index (χ3n) is 4.04. The highest BCUT2D eigenvalue weighted by Crippen LogP contribution is 2.34. The number of aromatic nitrogens is 1. The maximum Gasteiger partial charge on any atom is 0.278 e. The second-order valence-corrected chi connectivity index (χ2v) is 6.04. The van der Waals surface area contributed by atoms with E-state index in [1.54, 1.807) is 24.4 Å². The van der Waals surface area contributed by atoms with Crippen LogP contribution in [0.15, 0.2) is 42.6 Å². The number of nitrogens with one attached hydrogen (secondary N) is 2. The second kappa shape index (κ2) is 5.96. The number of fused-ring (bicyclic) bond motifs is 1. The van der Waals surface area contributed by atoms with Crippen LogP contribution in [0.3, 0.4) is 0 Å². The van der Waals surface area contributed by atoms with Gasteiger partial charge in [0.1, 0.15) is 5.75 Å². The first kappa shape index (κ1) is 16.0. The molecule has 2 amide bonds. The Labute approximate surface area is 140 Å². The Morgan fingerprint density at radius 3 is 2.83 bits per heavy atom. The molecule has 24 heavy (non-hydrogen) atoms. The van der Waals surface area contributed by atoms with E-state index in [4.69, 9.17) is 4.74 Å². The summed E-state index contributed by atoms with van der Waals surface area (Å²) < 4.78 is 5.74. The summed E-state index contributed by atoms with van der Waals surface area (Å²) in [5, 5.41) is 5.54. The van der Waals surface area contributed by atoms with E-state index in [-0.39, 0.29) is 6.04 Å². The molecule has 1 aliphatic rings. The fraction of sp³-hybridized carbons (Fsp3) is 0.278. The van der Waals surface area contributed by atoms with Crippen molar-refractivity contribution < 1.29 is 14.3 Å². The standard InChI is InChI=1S/C18H19N3O3/c1-11-7-8-15-14(10-11)21-17(23)18(3,24-15)16(22)20-12(2)13-6-4-5-9-19-13/h4-10,12H,1-3H3,(H,20,22)(H,21,23). The largest absolute Gasteiger partial charge is 0.466 e. The van der Waals surface area contributed by atoms with E-state index < -0.39 is 17.4 Å². The van der Waals surface area contributed by atoms with E-state index in [0.29, 0.717) is 17.1 Å². The summed E-state index contributed by atoms with van der Waals surface area (Å²) in [5.74, 6) is -0.529. The average molecular weight is 325 g/mol. The molecule has 6 heteroatoms. The fourth-order valence-electron chi connectivity index (χ4n) is 2.53. The fourth-order valence-corrected chi connectivity index (χ4v) is 2.53. The molecule has 0 aliphatic carbocycles. The van der Waals surface area contributed by atoms with Crippen LogP contribution >= 0.6 is 0 Å². The Morgan fingerprint density at radius 1 is 1.33 bits per heavy atom. The van der Waals surface area contributed by atoms with Crippen LogP contribution < -0.4 is 15.4 Å². The zero-order valence-electron chi connectivity index (χ0n) is 13.8. The first-order chi connectivity index (χ1) is 11.4. The minimum atomic E-state index is -1.63. The molecule has 2 atom stereocenters. The number of benzene rings is 1. The summed E-state index contributed by atoms with van der Waals surface area (Å²) in [4.78, 5) is 29.3. The number of hydrogen-bond donors (Lipinski definition) is 2. The molecular formula is C18H19N3O3. The zero-order valence-corrected chi connectivity index (χ0v) is 13.8. The molecule has 0 bridgehead atoms. The minimum Gasteiger partial charge on any atom is -0.466 e. The van der Waals surface area contributed by atoms with Gasteiger partial charge < -0.3 is 15.4 Å². The Bertz CT molecular complexity index is 791. The van der Waals surface area contributed by atoms with E-state index in [1.165, 1.54) is 6.92 Å². The van der Waals surface area contributed by atoms with Crippen LogP contribution in [0, 0.1) is 6.92 Å². The second-order valence-electron chi connectivity index (χ2n) is 6.04. The molecule has 2 unspecified atom stereocenters. The van der Waals surface area contributed by atoms with Gasteiger partial charge in [0, 0.05) is 6.20 Å². The number of rotatable bonds is 3. The average Bonchev–Trinajstić information content (AvgIpc) is 2.57. The molecule has 1 aromatic carbocycles. The number of anilines is 1. The maximum absolute atomic E-state index is 12.7. The van der Waals surface area contributed by atoms with Crippen molar-refractivity contribution in [3.63, 3.8) is 0 Å². The SMILES string of the molecule is Cc1ccc2c(c1)NC(=O)C(C)(C(=O)NC(C)c1ccccn1)O2. The number of aryl methyl sites for hydroxylation is 1. The summed E-state index contributed by atoms with van der Waals surface area (Å²) in [7, 11) is 0. The number of carbonyl (C=O) groups is 2. The van der Waals surface area contributed by atoms with Gasteiger partial charge in [-0.15, -0.1) is 0 Å². The predicted octanol–water partition coefficient (Wildman–Crippen LogP) is 2.36. The Morgan fingerprint density at radius 2 is 2.12 bits per heavy atom. The van der Waals surface area contributed by atoms with Crippen LogP contribution in [0.2, 0.25) is 0 Å². The van der Waals surface area contributed by atoms with Gasteiger partial charge in [0.15, 0.2) is 0 Å². The predicted molar refractivity (Wildman–Crippen MR) is 89.6 cm³/mol. The van der Waals surface area contributed by atoms with E-state index in [1.807, 2.05) is 32.0 Å². The molecule has 0 saturated heterocycles. The van der Waals surface area contributed by atoms with Crippen molar-refractivity contribution >= 4 is 17.5 Å². The van der Waals surface area contributed by atoms with Crippen molar-refractivity contribution in [2.75, 3.05) is 5.32 Å². The topological polar surface area (TPSA) is 80.3 Å². The lowest BCUT2D eigenvalue weighted by molar-refractivity contribution is -0.147. The van der Waals surface area contributed by atoms with Gasteiger partial charge in [-0.2, -0.15) is 0 Å². The lowest BCUT2D eigenvalue weighted by Gasteiger charge is -2.34. The molecule has 0 radical (unpaired) electrons. The quantitative estimate of drug-likeness (QED) is 0.849. The third-order valence-corrected chi connectivity index (χ3v) is 4.04. The third kappa shape index (κ3) is 2.82. The highest BCUT2D eigenvalue weighted by Gasteiger charge is 2.47. The van der Waals surface area contributed by atoms with Crippen molar-refractivity contribution in [2.45, 2.75) is 32.4 Å². The van der Waals surface area contributed by atoms with Crippen molar-refractivity contribution in [1.29, 1.82) is 0 Å². The molecule has 1 aromatic heterocycles. The molecule has 6 nitrogen and oxygen atoms in total. The molecule has 124 valence electrons. The summed E-state index contributed by atoms with van der Waals surface area (Å²) in [6.45, 7) is 5.19. The summed E-state index contributed by atoms with van der Waals surface area (Å²) >= 11 is 0. The van der Waals surface area contributed by atoms with Gasteiger partial charge in [0.05, 0.1) is 17.4 Å². The number of nitrogens with zero attached hydrogens (tertiary/aromatic N) is 1. The first-order valence-electron chi connectivity index (χ1n) is 7.73. The normalized spacial score (nSPS) is 20.4. The first-order valence-corrected chi connectivity index (χ1v) is 7.73. The highest BCUT2D eigenvalue weighted by molar-refractivity contribution is 6.15. The number of amides is 2. The van der Waals surface area contributed by atoms with Gasteiger partial charge in [0.25, 0.3) is 17.4 Å². The summed E-state index contributed by atoms with van der Waals surface area (Å²) in [5.41, 5.74) is 0.643. The zero-order chi connectivity index (χ0) is 17.3. The molecule has 0 saturated carbocycles. The van der Waals surface area contributed by atoms with Crippen LogP contribution in [0.4, 0.5) is 5.69 Å². The number of hydrogen-bond acceptors (Lipinski definition) is 4. The van der Waals surface area contributed by atoms with Gasteiger partial charge in [-0.25, -0.2) is 0 Å². The van der Waals surface area contributed by atoms with Crippen LogP contribution in [-0.2, 0) is 9.59 Å². The van der Waals surface area contributed by atoms with Crippen molar-refractivity contribution in [3.05, 3.63) is 53.9 Å². The smallest absolute Gasteiger partial charge is 0.278 e. The number of ether oxygens (including phenoxy) is 1. The molecular weight excluding hydrogens is 306 g/mol. The molecule has 1 aliphatic heterocycles. The van der Waals surface area contributed by atoms with E-state index in [2.05, 4.69) is 15.6 Å². The van der Waals surface area contributed by atoms with Gasteiger partial charge in [-0.1, -0.05) is 12.1 Å². The monoisotopic (exact) mass is 325 g/mol. The van der Waals surface area contributed by atoms with Crippen LogP contribution in [0.1, 0.15) is 31.1 Å². The van der Waals surface area contributed by atoms with E-state index in [0.717, 1.165) is 5.56 Å². The Hall–Kier alpha value is -2.89. The van der Waals surface area contributed by atoms with Gasteiger partial charge in [-0.05, 0) is 50.6 Å². The Kier molecular flexibility index (Phi) is 3.97. The van der Waals surface area contributed by atoms with Crippen molar-refractivity contribution in [1.82, 2.24) is 10.3 Å². The van der Waals surface area contributed by atoms with Crippen LogP contribution in [-0.4, -0.2) is 22.4 Å². The molecule has 0 spiro atoms. The van der Waals surface area contributed by atoms with Gasteiger partial charge >= 0.3 is 0 Å². The molecule has 2 N–H and O–H groups in total. The maximum atomic E-state index is 12.7. The molecule has 3 rings (SSSR count). The number of pyridine rings is 1. The van der Waals surface area contributed by atoms with E-state index >= 15 is 0 Å². The van der Waals surface area contributed by atoms with E-state index in [9.17, 15) is 9.59 Å². The van der Waals surface area contributed by atoms with Crippen molar-refractivity contribution in [3.8, 4) is 5.75 Å². The highest BCUT2D eigenvalue weighted by atomic mass is 16.5. The van der Waals surface area contributed by atoms with Crippen molar-refractivity contribution in [2.24, 2.45) is 0 Å². The molecule has 2 aromatic rings. The Balaban J connectivity index is 1.81.